The molecule has 0 spiro atoms. The molecule has 0 unspecified atom stereocenters. The number of nitrogens with zero attached hydrogens (tertiary/aromatic N) is 2. The van der Waals surface area contributed by atoms with Gasteiger partial charge >= 0.3 is 5.97 Å². The van der Waals surface area contributed by atoms with Crippen molar-refractivity contribution in [1.29, 1.82) is 0 Å². The van der Waals surface area contributed by atoms with Gasteiger partial charge in [-0.25, -0.2) is 4.79 Å². The van der Waals surface area contributed by atoms with Gasteiger partial charge < -0.3 is 15.5 Å². The highest BCUT2D eigenvalue weighted by Gasteiger charge is 2.11. The lowest BCUT2D eigenvalue weighted by Crippen LogP contribution is -2.16. The van der Waals surface area contributed by atoms with Gasteiger partial charge in [-0.3, -0.25) is 0 Å². The van der Waals surface area contributed by atoms with Gasteiger partial charge in [0.05, 0.1) is 5.71 Å². The molecule has 0 heterocycles. The number of carboxylic acid groups (broad SMARTS) is 1. The molecule has 11 heavy (non-hydrogen) atoms. The Morgan fingerprint density at radius 2 is 1.91 bits per heavy atom. The summed E-state index contributed by atoms with van der Waals surface area (Å²) in [6.07, 6.45) is -0.178. The van der Waals surface area contributed by atoms with Gasteiger partial charge in [0.2, 0.25) is 0 Å². The minimum atomic E-state index is -1.34. The molecule has 0 amide bonds. The van der Waals surface area contributed by atoms with Gasteiger partial charge in [0, 0.05) is 6.42 Å². The van der Waals surface area contributed by atoms with Crippen LogP contribution in [0.2, 0.25) is 0 Å². The monoisotopic (exact) mass is 160 g/mol. The Balaban J connectivity index is 4.23. The molecule has 0 aliphatic heterocycles. The summed E-state index contributed by atoms with van der Waals surface area (Å²) < 4.78 is 0. The van der Waals surface area contributed by atoms with E-state index in [0.717, 1.165) is 0 Å². The van der Waals surface area contributed by atoms with Crippen LogP contribution in [-0.4, -0.2) is 32.9 Å². The normalized spacial score (nSPS) is 13.2. The third kappa shape index (κ3) is 3.19. The number of aliphatic carboxylic acids is 1. The lowest BCUT2D eigenvalue weighted by atomic mass is 10.2. The molecule has 0 rings (SSSR count). The number of hydrogen-bond acceptors (Lipinski definition) is 5. The van der Waals surface area contributed by atoms with Gasteiger partial charge in [0.15, 0.2) is 5.71 Å². The minimum absolute atomic E-state index is 0.167. The molecule has 0 saturated carbocycles. The van der Waals surface area contributed by atoms with E-state index >= 15 is 0 Å². The van der Waals surface area contributed by atoms with Crippen LogP contribution >= 0.6 is 0 Å². The molecule has 0 aromatic heterocycles. The standard InChI is InChI=1S/C5H8N2O4/c1-3(6-10)2-4(7-11)5(8)9/h10-11H,2H2,1H3,(H,8,9)/b6-3-,7-4-. The highest BCUT2D eigenvalue weighted by Crippen LogP contribution is 1.90. The van der Waals surface area contributed by atoms with Crippen LogP contribution < -0.4 is 0 Å². The van der Waals surface area contributed by atoms with Crippen molar-refractivity contribution >= 4 is 17.4 Å². The summed E-state index contributed by atoms with van der Waals surface area (Å²) in [4.78, 5) is 10.2. The molecule has 6 nitrogen and oxygen atoms in total. The van der Waals surface area contributed by atoms with Gasteiger partial charge in [-0.05, 0) is 6.92 Å². The molecule has 0 atom stereocenters. The molecule has 0 bridgehead atoms. The maximum absolute atomic E-state index is 10.2. The lowest BCUT2D eigenvalue weighted by molar-refractivity contribution is -0.129. The summed E-state index contributed by atoms with van der Waals surface area (Å²) in [6.45, 7) is 1.41. The average Bonchev–Trinajstić information content (AvgIpc) is 1.99. The van der Waals surface area contributed by atoms with Crippen LogP contribution in [0.25, 0.3) is 0 Å². The van der Waals surface area contributed by atoms with E-state index < -0.39 is 11.7 Å². The van der Waals surface area contributed by atoms with Gasteiger partial charge in [0.1, 0.15) is 0 Å². The predicted molar refractivity (Wildman–Crippen MR) is 36.4 cm³/mol. The highest BCUT2D eigenvalue weighted by atomic mass is 16.4. The highest BCUT2D eigenvalue weighted by molar-refractivity contribution is 6.39. The maximum atomic E-state index is 10.2. The lowest BCUT2D eigenvalue weighted by Gasteiger charge is -1.95. The summed E-state index contributed by atoms with van der Waals surface area (Å²) in [5, 5.41) is 29.7. The van der Waals surface area contributed by atoms with Gasteiger partial charge in [0.25, 0.3) is 0 Å². The molecular formula is C5H8N2O4. The molecule has 0 aromatic carbocycles. The second-order valence-corrected chi connectivity index (χ2v) is 1.86. The van der Waals surface area contributed by atoms with E-state index in [9.17, 15) is 4.79 Å². The average molecular weight is 160 g/mol. The third-order valence-corrected chi connectivity index (χ3v) is 0.962. The fraction of sp³-hybridized carbons (Fsp3) is 0.400. The van der Waals surface area contributed by atoms with Crippen molar-refractivity contribution in [1.82, 2.24) is 0 Å². The summed E-state index contributed by atoms with van der Waals surface area (Å²) in [6, 6.07) is 0. The number of carboxylic acids is 1. The first kappa shape index (κ1) is 9.41. The van der Waals surface area contributed by atoms with Crippen LogP contribution in [0.4, 0.5) is 0 Å². The van der Waals surface area contributed by atoms with E-state index in [4.69, 9.17) is 15.5 Å². The summed E-state index contributed by atoms with van der Waals surface area (Å²) in [5.74, 6) is -1.34. The van der Waals surface area contributed by atoms with Crippen molar-refractivity contribution in [2.75, 3.05) is 0 Å². The van der Waals surface area contributed by atoms with Crippen LogP contribution in [0.3, 0.4) is 0 Å². The van der Waals surface area contributed by atoms with Crippen LogP contribution in [0, 0.1) is 0 Å². The second kappa shape index (κ2) is 4.26. The molecule has 62 valence electrons. The first-order chi connectivity index (χ1) is 5.11. The van der Waals surface area contributed by atoms with Crippen molar-refractivity contribution in [3.05, 3.63) is 0 Å². The Morgan fingerprint density at radius 3 is 2.18 bits per heavy atom. The topological polar surface area (TPSA) is 102 Å². The first-order valence-corrected chi connectivity index (χ1v) is 2.73. The molecule has 0 fully saturated rings. The Kier molecular flexibility index (Phi) is 3.65. The van der Waals surface area contributed by atoms with Crippen molar-refractivity contribution in [3.8, 4) is 0 Å². The molecule has 6 heteroatoms. The van der Waals surface area contributed by atoms with Gasteiger partial charge in [-0.2, -0.15) is 0 Å². The predicted octanol–water partition coefficient (Wildman–Crippen LogP) is 0.141. The van der Waals surface area contributed by atoms with Crippen molar-refractivity contribution in [2.24, 2.45) is 10.3 Å². The molecule has 0 aromatic rings. The van der Waals surface area contributed by atoms with E-state index in [0.29, 0.717) is 0 Å². The fourth-order valence-electron chi connectivity index (χ4n) is 0.431. The molecule has 3 N–H and O–H groups in total. The van der Waals surface area contributed by atoms with Crippen LogP contribution in [0.15, 0.2) is 10.3 Å². The number of oxime groups is 2. The zero-order chi connectivity index (χ0) is 8.85. The summed E-state index contributed by atoms with van der Waals surface area (Å²) in [5.41, 5.74) is -0.291. The van der Waals surface area contributed by atoms with Crippen molar-refractivity contribution in [3.63, 3.8) is 0 Å². The molecule has 0 aliphatic rings. The van der Waals surface area contributed by atoms with Crippen LogP contribution in [0.1, 0.15) is 13.3 Å². The zero-order valence-electron chi connectivity index (χ0n) is 5.85. The Labute approximate surface area is 62.4 Å². The van der Waals surface area contributed by atoms with Gasteiger partial charge in [-0.15, -0.1) is 0 Å². The maximum Gasteiger partial charge on any atom is 0.354 e. The Hall–Kier alpha value is -1.59. The summed E-state index contributed by atoms with van der Waals surface area (Å²) in [7, 11) is 0. The fourth-order valence-corrected chi connectivity index (χ4v) is 0.431. The van der Waals surface area contributed by atoms with Crippen LogP contribution in [-0.2, 0) is 4.79 Å². The van der Waals surface area contributed by atoms with E-state index in [1.807, 2.05) is 0 Å². The summed E-state index contributed by atoms with van der Waals surface area (Å²) >= 11 is 0. The van der Waals surface area contributed by atoms with E-state index in [1.165, 1.54) is 6.92 Å². The molecule has 0 aliphatic carbocycles. The largest absolute Gasteiger partial charge is 0.477 e. The van der Waals surface area contributed by atoms with Crippen LogP contribution in [0.5, 0.6) is 0 Å². The van der Waals surface area contributed by atoms with E-state index in [-0.39, 0.29) is 12.1 Å². The smallest absolute Gasteiger partial charge is 0.354 e. The molecule has 0 saturated heterocycles. The quantitative estimate of drug-likeness (QED) is 0.310. The van der Waals surface area contributed by atoms with Crippen molar-refractivity contribution < 1.29 is 20.3 Å². The first-order valence-electron chi connectivity index (χ1n) is 2.73. The zero-order valence-corrected chi connectivity index (χ0v) is 5.85. The SMILES string of the molecule is C/C(C/C(=N/O)C(=O)O)=N/O. The number of carbonyl (C=O) groups is 1. The second-order valence-electron chi connectivity index (χ2n) is 1.86. The van der Waals surface area contributed by atoms with E-state index in [1.54, 1.807) is 0 Å². The Morgan fingerprint density at radius 1 is 1.36 bits per heavy atom. The molecule has 0 radical (unpaired) electrons. The molecular weight excluding hydrogens is 152 g/mol. The van der Waals surface area contributed by atoms with E-state index in [2.05, 4.69) is 10.3 Å². The minimum Gasteiger partial charge on any atom is -0.477 e. The van der Waals surface area contributed by atoms with Crippen molar-refractivity contribution in [2.45, 2.75) is 13.3 Å². The third-order valence-electron chi connectivity index (χ3n) is 0.962. The van der Waals surface area contributed by atoms with Gasteiger partial charge in [-0.1, -0.05) is 10.3 Å². The number of hydrogen-bond donors (Lipinski definition) is 3. The number of rotatable bonds is 3. The Bertz CT molecular complexity index is 209.